The zero-order chi connectivity index (χ0) is 85.0. The summed E-state index contributed by atoms with van der Waals surface area (Å²) in [5.41, 5.74) is 18.0. The fraction of sp³-hybridized carbons (Fsp3) is 0.643. The summed E-state index contributed by atoms with van der Waals surface area (Å²) in [6, 6.07) is 37.0. The van der Waals surface area contributed by atoms with Crippen LogP contribution in [0, 0.1) is 47.3 Å². The van der Waals surface area contributed by atoms with Crippen LogP contribution in [0.25, 0.3) is 45.0 Å². The van der Waals surface area contributed by atoms with E-state index in [1.54, 1.807) is 0 Å². The third-order valence-electron chi connectivity index (χ3n) is 28.8. The lowest BCUT2D eigenvalue weighted by Crippen LogP contribution is -2.28. The van der Waals surface area contributed by atoms with Crippen molar-refractivity contribution in [2.24, 2.45) is 47.3 Å². The third kappa shape index (κ3) is 31.3. The van der Waals surface area contributed by atoms with Crippen molar-refractivity contribution in [2.45, 2.75) is 414 Å². The Bertz CT molecular complexity index is 3740. The summed E-state index contributed by atoms with van der Waals surface area (Å²) >= 11 is 0. The maximum absolute atomic E-state index is 7.78. The SMILES string of the molecule is CCCCCCCC1CCC(C(OC(c2ccc(-c3cnc(CCCCC)cn3)cc2)C2CCC(CCCCCCC)CC2)c2ccc(-c3cnc(CCCCC)cn3)cc2)CC1.CCCCCc1cnc(-c2ccc(C(OC(c3ccc(-c4cnc(CCCCC)cn4)cc3)C3CCC(CCCCC)CC3)C3CCC(CCCCC)CC3)cc2)cn1. The number of unbranched alkanes of at least 4 members (excludes halogenated alkanes) is 20. The minimum Gasteiger partial charge on any atom is -0.365 e. The Morgan fingerprint density at radius 1 is 0.213 bits per heavy atom. The van der Waals surface area contributed by atoms with Gasteiger partial charge in [0.05, 0.1) is 94.8 Å². The van der Waals surface area contributed by atoms with Crippen molar-refractivity contribution in [3.63, 3.8) is 0 Å². The van der Waals surface area contributed by atoms with E-state index in [1.807, 2.05) is 49.6 Å². The normalized spacial score (nSPS) is 20.4. The van der Waals surface area contributed by atoms with Gasteiger partial charge in [0.15, 0.2) is 0 Å². The van der Waals surface area contributed by atoms with Crippen LogP contribution in [-0.2, 0) is 35.2 Å². The molecule has 8 aromatic rings. The summed E-state index contributed by atoms with van der Waals surface area (Å²) < 4.78 is 15.5. The number of aryl methyl sites for hydroxylation is 4. The second kappa shape index (κ2) is 54.9. The van der Waals surface area contributed by atoms with Crippen molar-refractivity contribution in [1.82, 2.24) is 39.9 Å². The van der Waals surface area contributed by atoms with E-state index in [1.165, 1.54) is 330 Å². The second-order valence-corrected chi connectivity index (χ2v) is 38.4. The number of aromatic nitrogens is 8. The Balaban J connectivity index is 0.000000239. The van der Waals surface area contributed by atoms with Crippen molar-refractivity contribution in [3.05, 3.63) is 192 Å². The molecule has 664 valence electrons. The topological polar surface area (TPSA) is 122 Å². The molecule has 0 amide bonds. The van der Waals surface area contributed by atoms with Crippen LogP contribution < -0.4 is 0 Å². The molecule has 4 aromatic heterocycles. The first-order valence-corrected chi connectivity index (χ1v) is 51.1. The molecule has 0 bridgehead atoms. The molecule has 4 aliphatic rings. The fourth-order valence-electron chi connectivity index (χ4n) is 20.9. The van der Waals surface area contributed by atoms with Crippen LogP contribution in [0.5, 0.6) is 0 Å². The molecule has 0 saturated heterocycles. The van der Waals surface area contributed by atoms with Gasteiger partial charge in [-0.1, -0.05) is 384 Å². The van der Waals surface area contributed by atoms with Gasteiger partial charge in [-0.05, 0) is 172 Å². The summed E-state index contributed by atoms with van der Waals surface area (Å²) in [4.78, 5) is 38.7. The molecule has 4 saturated carbocycles. The van der Waals surface area contributed by atoms with Gasteiger partial charge < -0.3 is 9.47 Å². The Morgan fingerprint density at radius 2 is 0.402 bits per heavy atom. The summed E-state index contributed by atoms with van der Waals surface area (Å²) in [5, 5.41) is 0. The number of hydrogen-bond donors (Lipinski definition) is 0. The quantitative estimate of drug-likeness (QED) is 0.0341. The number of hydrogen-bond acceptors (Lipinski definition) is 10. The van der Waals surface area contributed by atoms with E-state index < -0.39 is 0 Å². The monoisotopic (exact) mass is 1650 g/mol. The highest BCUT2D eigenvalue weighted by atomic mass is 16.5. The van der Waals surface area contributed by atoms with Gasteiger partial charge in [-0.15, -0.1) is 0 Å². The van der Waals surface area contributed by atoms with E-state index in [-0.39, 0.29) is 24.4 Å². The fourth-order valence-corrected chi connectivity index (χ4v) is 20.9. The van der Waals surface area contributed by atoms with Crippen LogP contribution in [0.2, 0.25) is 0 Å². The van der Waals surface area contributed by atoms with Gasteiger partial charge in [-0.3, -0.25) is 39.9 Å². The van der Waals surface area contributed by atoms with Gasteiger partial charge in [0.25, 0.3) is 0 Å². The highest BCUT2D eigenvalue weighted by Gasteiger charge is 2.39. The average Bonchev–Trinajstić information content (AvgIpc) is 0.797. The summed E-state index contributed by atoms with van der Waals surface area (Å²) in [5.74, 6) is 5.52. The molecule has 4 unspecified atom stereocenters. The van der Waals surface area contributed by atoms with Crippen molar-refractivity contribution in [3.8, 4) is 45.0 Å². The molecule has 0 aliphatic heterocycles. The summed E-state index contributed by atoms with van der Waals surface area (Å²) in [6.45, 7) is 18.3. The van der Waals surface area contributed by atoms with E-state index in [4.69, 9.17) is 49.3 Å². The zero-order valence-electron chi connectivity index (χ0n) is 77.9. The standard InChI is InChI=1S/C58H86N4O.C54H78N4O/c1-5-9-13-15-19-21-45-25-29-49(30-26-45)57(51-37-33-47(34-38-51)55-43-59-53(41-61-55)23-17-11-7-3)63-58(50-31-27-46(28-32-50)22-20-16-14-10-6-2)52-39-35-48(36-40-52)56-44-60-54(42-62-56)24-18-12-8-4;1-5-9-13-17-41-21-25-45(26-22-41)53(47-33-29-43(30-34-47)51-39-55-49(37-57-51)19-15-11-7-3)59-54(46-27-23-42(24-28-46)18-14-10-6-2)48-35-31-44(32-36-48)52-40-56-50(38-58-52)20-16-12-8-4/h33-46,49-50,57-58H,5-32H2,1-4H3;29-42,45-46,53-54H,5-28H2,1-4H3. The Labute approximate surface area is 742 Å². The highest BCUT2D eigenvalue weighted by molar-refractivity contribution is 5.61. The van der Waals surface area contributed by atoms with Crippen molar-refractivity contribution in [1.29, 1.82) is 0 Å². The maximum atomic E-state index is 7.78. The molecule has 10 heteroatoms. The van der Waals surface area contributed by atoms with Crippen LogP contribution in [0.3, 0.4) is 0 Å². The van der Waals surface area contributed by atoms with Crippen LogP contribution in [-0.4, -0.2) is 39.9 Å². The van der Waals surface area contributed by atoms with E-state index in [0.29, 0.717) is 23.7 Å². The summed E-state index contributed by atoms with van der Waals surface area (Å²) in [6.07, 6.45) is 82.7. The molecule has 4 aromatic carbocycles. The Hall–Kier alpha value is -6.88. The highest BCUT2D eigenvalue weighted by Crippen LogP contribution is 2.51. The molecule has 0 radical (unpaired) electrons. The lowest BCUT2D eigenvalue weighted by atomic mass is 9.74. The maximum Gasteiger partial charge on any atom is 0.0885 e. The molecular weight excluding hydrogens is 1490 g/mol. The first-order valence-electron chi connectivity index (χ1n) is 51.1. The minimum atomic E-state index is 0.0589. The van der Waals surface area contributed by atoms with Gasteiger partial charge in [0, 0.05) is 47.0 Å². The van der Waals surface area contributed by atoms with Crippen LogP contribution in [0.4, 0.5) is 0 Å². The van der Waals surface area contributed by atoms with Gasteiger partial charge in [0.2, 0.25) is 0 Å². The summed E-state index contributed by atoms with van der Waals surface area (Å²) in [7, 11) is 0. The number of nitrogens with zero attached hydrogens (tertiary/aromatic N) is 8. The van der Waals surface area contributed by atoms with Gasteiger partial charge in [-0.2, -0.15) is 0 Å². The smallest absolute Gasteiger partial charge is 0.0885 e. The molecule has 12 rings (SSSR count). The molecule has 4 heterocycles. The van der Waals surface area contributed by atoms with Crippen LogP contribution >= 0.6 is 0 Å². The lowest BCUT2D eigenvalue weighted by molar-refractivity contribution is -0.0908. The Kier molecular flexibility index (Phi) is 43.1. The first-order chi connectivity index (χ1) is 60.2. The number of benzene rings is 4. The van der Waals surface area contributed by atoms with Gasteiger partial charge >= 0.3 is 0 Å². The number of ether oxygens (including phenoxy) is 2. The molecule has 0 N–H and O–H groups in total. The minimum absolute atomic E-state index is 0.0589. The molecule has 4 aliphatic carbocycles. The third-order valence-corrected chi connectivity index (χ3v) is 28.8. The molecule has 4 fully saturated rings. The van der Waals surface area contributed by atoms with E-state index >= 15 is 0 Å². The second-order valence-electron chi connectivity index (χ2n) is 38.4. The average molecular weight is 1650 g/mol. The van der Waals surface area contributed by atoms with Crippen LogP contribution in [0.15, 0.2) is 147 Å². The van der Waals surface area contributed by atoms with Crippen molar-refractivity contribution in [2.75, 3.05) is 0 Å². The van der Waals surface area contributed by atoms with Crippen LogP contribution in [0.1, 0.15) is 433 Å². The largest absolute Gasteiger partial charge is 0.365 e. The molecule has 122 heavy (non-hydrogen) atoms. The molecule has 0 spiro atoms. The Morgan fingerprint density at radius 3 is 0.598 bits per heavy atom. The van der Waals surface area contributed by atoms with E-state index in [9.17, 15) is 0 Å². The van der Waals surface area contributed by atoms with E-state index in [0.717, 1.165) is 117 Å². The molecular formula is C112H164N8O2. The molecule has 10 nitrogen and oxygen atoms in total. The lowest BCUT2D eigenvalue weighted by Gasteiger charge is -2.40. The first kappa shape index (κ1) is 95.8. The van der Waals surface area contributed by atoms with Gasteiger partial charge in [0.1, 0.15) is 0 Å². The zero-order valence-corrected chi connectivity index (χ0v) is 77.9. The van der Waals surface area contributed by atoms with Gasteiger partial charge in [-0.25, -0.2) is 0 Å². The van der Waals surface area contributed by atoms with E-state index in [2.05, 4.69) is 152 Å². The predicted octanol–water partition coefficient (Wildman–Crippen LogP) is 32.8. The van der Waals surface area contributed by atoms with Crippen molar-refractivity contribution < 1.29 is 9.47 Å². The van der Waals surface area contributed by atoms with Crippen molar-refractivity contribution >= 4 is 0 Å². The number of rotatable bonds is 52. The molecule has 4 atom stereocenters. The predicted molar refractivity (Wildman–Crippen MR) is 513 cm³/mol.